The zero-order chi connectivity index (χ0) is 12.5. The summed E-state index contributed by atoms with van der Waals surface area (Å²) in [5.74, 6) is 0. The smallest absolute Gasteiger partial charge is 0.269 e. The molecule has 0 fully saturated rings. The minimum absolute atomic E-state index is 0.0834. The zero-order valence-electron chi connectivity index (χ0n) is 9.50. The van der Waals surface area contributed by atoms with Crippen molar-refractivity contribution in [2.45, 2.75) is 12.9 Å². The third kappa shape index (κ3) is 5.47. The third-order valence-corrected chi connectivity index (χ3v) is 2.05. The number of rotatable bonds is 8. The Labute approximate surface area is 101 Å². The van der Waals surface area contributed by atoms with Gasteiger partial charge in [0.15, 0.2) is 0 Å². The predicted molar refractivity (Wildman–Crippen MR) is 64.1 cm³/mol. The Morgan fingerprint density at radius 1 is 1.12 bits per heavy atom. The highest BCUT2D eigenvalue weighted by atomic mass is 16.6. The van der Waals surface area contributed by atoms with Gasteiger partial charge in [0.2, 0.25) is 0 Å². The van der Waals surface area contributed by atoms with E-state index in [1.54, 1.807) is 12.1 Å². The van der Waals surface area contributed by atoms with E-state index in [-0.39, 0.29) is 5.69 Å². The van der Waals surface area contributed by atoms with Crippen molar-refractivity contribution in [3.63, 3.8) is 0 Å². The van der Waals surface area contributed by atoms with E-state index >= 15 is 0 Å². The third-order valence-electron chi connectivity index (χ3n) is 2.05. The minimum atomic E-state index is -0.425. The summed E-state index contributed by atoms with van der Waals surface area (Å²) in [7, 11) is 5.25. The van der Waals surface area contributed by atoms with Crippen molar-refractivity contribution in [1.82, 2.24) is 0 Å². The molecule has 0 bridgehead atoms. The van der Waals surface area contributed by atoms with Gasteiger partial charge in [-0.15, -0.1) is 0 Å². The molecular formula is C11H14BNO4. The van der Waals surface area contributed by atoms with Gasteiger partial charge in [0.05, 0.1) is 32.6 Å². The average Bonchev–Trinajstić information content (AvgIpc) is 2.34. The van der Waals surface area contributed by atoms with Gasteiger partial charge >= 0.3 is 0 Å². The van der Waals surface area contributed by atoms with Gasteiger partial charge in [0, 0.05) is 18.7 Å². The predicted octanol–water partition coefficient (Wildman–Crippen LogP) is 1.71. The molecule has 17 heavy (non-hydrogen) atoms. The van der Waals surface area contributed by atoms with Crippen LogP contribution in [0.1, 0.15) is 5.56 Å². The van der Waals surface area contributed by atoms with Crippen LogP contribution in [0.4, 0.5) is 5.69 Å². The lowest BCUT2D eigenvalue weighted by Crippen LogP contribution is -2.05. The molecule has 0 aromatic heterocycles. The molecule has 90 valence electrons. The largest absolute Gasteiger partial charge is 0.380 e. The van der Waals surface area contributed by atoms with Gasteiger partial charge in [-0.25, -0.2) is 0 Å². The van der Waals surface area contributed by atoms with E-state index in [1.165, 1.54) is 12.1 Å². The molecule has 0 aliphatic heterocycles. The Bertz CT molecular complexity index is 342. The number of hydrogen-bond acceptors (Lipinski definition) is 4. The van der Waals surface area contributed by atoms with Crippen LogP contribution < -0.4 is 0 Å². The molecule has 0 saturated carbocycles. The topological polar surface area (TPSA) is 61.6 Å². The Kier molecular flexibility index (Phi) is 6.28. The standard InChI is InChI=1S/C11H14BNO4/c12-5-6-16-7-8-17-9-10-1-3-11(4-2-10)13(14)15/h1-4H,5-9H2. The Balaban J connectivity index is 2.21. The molecule has 0 amide bonds. The molecule has 0 aliphatic carbocycles. The molecule has 1 rings (SSSR count). The van der Waals surface area contributed by atoms with Gasteiger partial charge in [0.1, 0.15) is 0 Å². The summed E-state index contributed by atoms with van der Waals surface area (Å²) in [5, 5.41) is 10.4. The first kappa shape index (κ1) is 13.7. The van der Waals surface area contributed by atoms with Gasteiger partial charge in [-0.05, 0) is 17.7 Å². The fraction of sp³-hybridized carbons (Fsp3) is 0.455. The summed E-state index contributed by atoms with van der Waals surface area (Å²) in [4.78, 5) is 10.00. The molecule has 0 N–H and O–H groups in total. The first-order valence-electron chi connectivity index (χ1n) is 5.33. The van der Waals surface area contributed by atoms with Crippen LogP contribution in [-0.4, -0.2) is 32.6 Å². The van der Waals surface area contributed by atoms with E-state index in [2.05, 4.69) is 0 Å². The van der Waals surface area contributed by atoms with Gasteiger partial charge in [-0.1, -0.05) is 6.32 Å². The van der Waals surface area contributed by atoms with Crippen LogP contribution in [0.2, 0.25) is 6.32 Å². The van der Waals surface area contributed by atoms with Gasteiger partial charge in [-0.2, -0.15) is 0 Å². The van der Waals surface area contributed by atoms with Crippen molar-refractivity contribution < 1.29 is 14.4 Å². The molecule has 0 unspecified atom stereocenters. The van der Waals surface area contributed by atoms with Crippen LogP contribution in [0.5, 0.6) is 0 Å². The van der Waals surface area contributed by atoms with E-state index in [9.17, 15) is 10.1 Å². The number of benzene rings is 1. The van der Waals surface area contributed by atoms with Crippen molar-refractivity contribution in [1.29, 1.82) is 0 Å². The summed E-state index contributed by atoms with van der Waals surface area (Å²) < 4.78 is 10.5. The van der Waals surface area contributed by atoms with Gasteiger partial charge in [0.25, 0.3) is 5.69 Å². The lowest BCUT2D eigenvalue weighted by Gasteiger charge is -2.04. The monoisotopic (exact) mass is 235 g/mol. The van der Waals surface area contributed by atoms with Crippen molar-refractivity contribution in [2.24, 2.45) is 0 Å². The fourth-order valence-corrected chi connectivity index (χ4v) is 1.21. The van der Waals surface area contributed by atoms with Gasteiger partial charge < -0.3 is 9.47 Å². The Hall–Kier alpha value is -1.40. The van der Waals surface area contributed by atoms with E-state index in [4.69, 9.17) is 17.3 Å². The number of ether oxygens (including phenoxy) is 2. The van der Waals surface area contributed by atoms with E-state index in [0.29, 0.717) is 32.7 Å². The summed E-state index contributed by atoms with van der Waals surface area (Å²) in [5.41, 5.74) is 0.981. The van der Waals surface area contributed by atoms with Crippen LogP contribution in [0.25, 0.3) is 0 Å². The summed E-state index contributed by atoms with van der Waals surface area (Å²) in [6.45, 7) is 1.94. The second-order valence-corrected chi connectivity index (χ2v) is 3.38. The molecule has 0 atom stereocenters. The van der Waals surface area contributed by atoms with Crippen LogP contribution in [0.15, 0.2) is 24.3 Å². The van der Waals surface area contributed by atoms with E-state index < -0.39 is 4.92 Å². The molecule has 0 heterocycles. The van der Waals surface area contributed by atoms with Crippen molar-refractivity contribution >= 4 is 13.5 Å². The van der Waals surface area contributed by atoms with Crippen molar-refractivity contribution in [3.8, 4) is 0 Å². The first-order chi connectivity index (χ1) is 8.24. The minimum Gasteiger partial charge on any atom is -0.380 e. The van der Waals surface area contributed by atoms with Gasteiger partial charge in [-0.3, -0.25) is 10.1 Å². The van der Waals surface area contributed by atoms with E-state index in [1.807, 2.05) is 0 Å². The van der Waals surface area contributed by atoms with Crippen molar-refractivity contribution in [3.05, 3.63) is 39.9 Å². The number of hydrogen-bond donors (Lipinski definition) is 0. The maximum absolute atomic E-state index is 10.4. The highest BCUT2D eigenvalue weighted by molar-refractivity contribution is 6.08. The Morgan fingerprint density at radius 3 is 2.35 bits per heavy atom. The maximum atomic E-state index is 10.4. The molecule has 0 spiro atoms. The number of nitrogens with zero attached hydrogens (tertiary/aromatic N) is 1. The molecule has 5 nitrogen and oxygen atoms in total. The molecular weight excluding hydrogens is 221 g/mol. The Morgan fingerprint density at radius 2 is 1.76 bits per heavy atom. The van der Waals surface area contributed by atoms with Crippen LogP contribution in [0.3, 0.4) is 0 Å². The second-order valence-electron chi connectivity index (χ2n) is 3.38. The zero-order valence-corrected chi connectivity index (χ0v) is 9.50. The fourth-order valence-electron chi connectivity index (χ4n) is 1.21. The molecule has 1 aromatic carbocycles. The quantitative estimate of drug-likeness (QED) is 0.298. The molecule has 0 aliphatic rings. The first-order valence-corrected chi connectivity index (χ1v) is 5.33. The van der Waals surface area contributed by atoms with Crippen LogP contribution in [0, 0.1) is 10.1 Å². The lowest BCUT2D eigenvalue weighted by atomic mass is 10.1. The SMILES string of the molecule is [B]CCOCCOCc1ccc([N+](=O)[O-])cc1. The molecule has 1 aromatic rings. The number of non-ortho nitro benzene ring substituents is 1. The normalized spacial score (nSPS) is 10.4. The van der Waals surface area contributed by atoms with Crippen molar-refractivity contribution in [2.75, 3.05) is 19.8 Å². The van der Waals surface area contributed by atoms with Crippen LogP contribution in [-0.2, 0) is 16.1 Å². The molecule has 0 saturated heterocycles. The number of nitro benzene ring substituents is 1. The molecule has 6 heteroatoms. The summed E-state index contributed by atoms with van der Waals surface area (Å²) >= 11 is 0. The average molecular weight is 235 g/mol. The van der Waals surface area contributed by atoms with Crippen LogP contribution >= 0.6 is 0 Å². The summed E-state index contributed by atoms with van der Waals surface area (Å²) in [6.07, 6.45) is 0.502. The summed E-state index contributed by atoms with van der Waals surface area (Å²) in [6, 6.07) is 6.28. The molecule has 2 radical (unpaired) electrons. The number of nitro groups is 1. The lowest BCUT2D eigenvalue weighted by molar-refractivity contribution is -0.384. The second kappa shape index (κ2) is 7.81. The highest BCUT2D eigenvalue weighted by Gasteiger charge is 2.03. The van der Waals surface area contributed by atoms with E-state index in [0.717, 1.165) is 5.56 Å². The maximum Gasteiger partial charge on any atom is 0.269 e. The highest BCUT2D eigenvalue weighted by Crippen LogP contribution is 2.12.